The van der Waals surface area contributed by atoms with Gasteiger partial charge < -0.3 is 24.6 Å². The Labute approximate surface area is 236 Å². The molecule has 3 amide bonds. The molecule has 0 aliphatic carbocycles. The van der Waals surface area contributed by atoms with Crippen molar-refractivity contribution in [3.05, 3.63) is 60.7 Å². The Balaban J connectivity index is 1.65. The Kier molecular flexibility index (Phi) is 9.86. The zero-order valence-electron chi connectivity index (χ0n) is 23.7. The van der Waals surface area contributed by atoms with Gasteiger partial charge in [-0.15, -0.1) is 4.99 Å². The quantitative estimate of drug-likeness (QED) is 0.110. The first-order valence-electron chi connectivity index (χ1n) is 13.3. The summed E-state index contributed by atoms with van der Waals surface area (Å²) in [6.07, 6.45) is 0.545. The standard InChI is InChI=1S/C29H38N4O6Si/c1-29(2,3)40(4,5)33-24(20-34)23(25(33)35)18-12-13-19-32(28(37)39-22-16-10-7-11-17-22)26(30)31-27(36)38-21-14-8-6-9-15-21/h6-11,14-17,20,23-24H,12-13,18-19H2,1-5H3,(H2,30,31,36). The lowest BCUT2D eigenvalue weighted by Crippen LogP contribution is -2.73. The zero-order valence-corrected chi connectivity index (χ0v) is 24.7. The van der Waals surface area contributed by atoms with Gasteiger partial charge in [0.15, 0.2) is 8.24 Å². The van der Waals surface area contributed by atoms with E-state index in [0.29, 0.717) is 25.0 Å². The average molecular weight is 567 g/mol. The fourth-order valence-corrected chi connectivity index (χ4v) is 6.80. The molecule has 2 aromatic rings. The van der Waals surface area contributed by atoms with E-state index in [4.69, 9.17) is 15.2 Å². The number of amides is 3. The molecule has 2 atom stereocenters. The highest BCUT2D eigenvalue weighted by atomic mass is 28.3. The van der Waals surface area contributed by atoms with Crippen molar-refractivity contribution in [1.29, 1.82) is 0 Å². The second-order valence-corrected chi connectivity index (χ2v) is 16.3. The Hall–Kier alpha value is -3.99. The van der Waals surface area contributed by atoms with Crippen molar-refractivity contribution in [3.8, 4) is 11.5 Å². The number of carbonyl (C=O) groups is 4. The van der Waals surface area contributed by atoms with Crippen molar-refractivity contribution in [1.82, 2.24) is 9.47 Å². The van der Waals surface area contributed by atoms with E-state index in [0.717, 1.165) is 11.2 Å². The molecule has 10 nitrogen and oxygen atoms in total. The van der Waals surface area contributed by atoms with Gasteiger partial charge in [-0.1, -0.05) is 76.7 Å². The lowest BCUT2D eigenvalue weighted by atomic mass is 9.86. The maximum absolute atomic E-state index is 13.1. The molecule has 1 aliphatic heterocycles. The number of unbranched alkanes of at least 4 members (excludes halogenated alkanes) is 1. The van der Waals surface area contributed by atoms with Crippen molar-refractivity contribution in [2.75, 3.05) is 6.54 Å². The van der Waals surface area contributed by atoms with Crippen LogP contribution in [0.2, 0.25) is 18.1 Å². The second-order valence-electron chi connectivity index (χ2n) is 11.2. The van der Waals surface area contributed by atoms with Gasteiger partial charge in [-0.25, -0.2) is 14.5 Å². The number of β-lactam (4-membered cyclic amide) rings is 1. The first kappa shape index (κ1) is 30.5. The monoisotopic (exact) mass is 566 g/mol. The molecule has 0 saturated carbocycles. The smallest absolute Gasteiger partial charge is 0.410 e. The van der Waals surface area contributed by atoms with E-state index in [1.807, 2.05) is 4.57 Å². The largest absolute Gasteiger partial charge is 0.442 e. The first-order chi connectivity index (χ1) is 18.9. The molecule has 11 heteroatoms. The number of guanidine groups is 1. The molecular weight excluding hydrogens is 528 g/mol. The molecule has 3 rings (SSSR count). The van der Waals surface area contributed by atoms with Crippen LogP contribution in [0.25, 0.3) is 0 Å². The van der Waals surface area contributed by atoms with Crippen LogP contribution in [0.5, 0.6) is 11.5 Å². The van der Waals surface area contributed by atoms with Gasteiger partial charge in [0.05, 0.1) is 12.0 Å². The predicted octanol–water partition coefficient (Wildman–Crippen LogP) is 5.20. The lowest BCUT2D eigenvalue weighted by Gasteiger charge is -2.56. The highest BCUT2D eigenvalue weighted by Gasteiger charge is 2.56. The topological polar surface area (TPSA) is 132 Å². The minimum atomic E-state index is -2.18. The minimum absolute atomic E-state index is 0.00812. The van der Waals surface area contributed by atoms with Gasteiger partial charge >= 0.3 is 12.2 Å². The SMILES string of the molecule is CC(C)(C)[Si](C)(C)N1C(=O)C(CCCCN(C(=O)Oc2ccccc2)/C(N)=N\C(=O)Oc2ccccc2)C1C=O. The molecule has 1 fully saturated rings. The number of hydrogen-bond acceptors (Lipinski definition) is 6. The fourth-order valence-electron chi connectivity index (χ4n) is 4.37. The van der Waals surface area contributed by atoms with Gasteiger partial charge in [-0.3, -0.25) is 4.79 Å². The number of nitrogens with zero attached hydrogens (tertiary/aromatic N) is 3. The van der Waals surface area contributed by atoms with Crippen LogP contribution in [-0.4, -0.2) is 60.6 Å². The van der Waals surface area contributed by atoms with Crippen LogP contribution < -0.4 is 15.2 Å². The molecule has 0 bridgehead atoms. The number of rotatable bonds is 9. The maximum atomic E-state index is 13.1. The van der Waals surface area contributed by atoms with Gasteiger partial charge in [-0.05, 0) is 42.1 Å². The van der Waals surface area contributed by atoms with E-state index in [2.05, 4.69) is 38.9 Å². The van der Waals surface area contributed by atoms with Crippen LogP contribution in [-0.2, 0) is 9.59 Å². The van der Waals surface area contributed by atoms with E-state index in [9.17, 15) is 19.2 Å². The first-order valence-corrected chi connectivity index (χ1v) is 16.3. The summed E-state index contributed by atoms with van der Waals surface area (Å²) in [4.78, 5) is 55.1. The zero-order chi connectivity index (χ0) is 29.5. The molecule has 1 saturated heterocycles. The number of aliphatic imine (C=N–C) groups is 1. The van der Waals surface area contributed by atoms with Gasteiger partial charge in [0.1, 0.15) is 17.8 Å². The summed E-state index contributed by atoms with van der Waals surface area (Å²) < 4.78 is 12.4. The van der Waals surface area contributed by atoms with Crippen molar-refractivity contribution in [3.63, 3.8) is 0 Å². The number of carbonyl (C=O) groups excluding carboxylic acids is 4. The highest BCUT2D eigenvalue weighted by molar-refractivity contribution is 6.80. The second kappa shape index (κ2) is 12.9. The molecule has 214 valence electrons. The van der Waals surface area contributed by atoms with Crippen LogP contribution in [0.15, 0.2) is 65.7 Å². The van der Waals surface area contributed by atoms with E-state index in [1.54, 1.807) is 60.7 Å². The summed E-state index contributed by atoms with van der Waals surface area (Å²) >= 11 is 0. The molecule has 2 aromatic carbocycles. The molecule has 2 N–H and O–H groups in total. The summed E-state index contributed by atoms with van der Waals surface area (Å²) in [6.45, 7) is 10.6. The van der Waals surface area contributed by atoms with Crippen LogP contribution in [0.3, 0.4) is 0 Å². The van der Waals surface area contributed by atoms with Crippen molar-refractivity contribution < 1.29 is 28.7 Å². The van der Waals surface area contributed by atoms with E-state index < -0.39 is 26.5 Å². The van der Waals surface area contributed by atoms with Gasteiger partial charge in [0.2, 0.25) is 11.9 Å². The Morgan fingerprint density at radius 1 is 1.00 bits per heavy atom. The van der Waals surface area contributed by atoms with Crippen LogP contribution >= 0.6 is 0 Å². The molecule has 0 spiro atoms. The maximum Gasteiger partial charge on any atom is 0.442 e. The lowest BCUT2D eigenvalue weighted by molar-refractivity contribution is -0.151. The summed E-state index contributed by atoms with van der Waals surface area (Å²) in [6, 6.07) is 16.4. The third-order valence-electron chi connectivity index (χ3n) is 7.59. The van der Waals surface area contributed by atoms with E-state index >= 15 is 0 Å². The highest BCUT2D eigenvalue weighted by Crippen LogP contribution is 2.45. The van der Waals surface area contributed by atoms with Crippen LogP contribution in [0, 0.1) is 5.92 Å². The number of aldehydes is 1. The Morgan fingerprint density at radius 3 is 2.08 bits per heavy atom. The van der Waals surface area contributed by atoms with Crippen molar-refractivity contribution >= 4 is 38.6 Å². The molecule has 2 unspecified atom stereocenters. The summed E-state index contributed by atoms with van der Waals surface area (Å²) in [7, 11) is -2.18. The summed E-state index contributed by atoms with van der Waals surface area (Å²) in [5.41, 5.74) is 6.05. The van der Waals surface area contributed by atoms with Gasteiger partial charge in [0, 0.05) is 6.54 Å². The summed E-state index contributed by atoms with van der Waals surface area (Å²) in [5, 5.41) is -0.0764. The molecule has 40 heavy (non-hydrogen) atoms. The Bertz CT molecular complexity index is 1230. The van der Waals surface area contributed by atoms with E-state index in [1.165, 1.54) is 0 Å². The van der Waals surface area contributed by atoms with Crippen molar-refractivity contribution in [2.24, 2.45) is 16.6 Å². The number of benzene rings is 2. The predicted molar refractivity (Wildman–Crippen MR) is 154 cm³/mol. The minimum Gasteiger partial charge on any atom is -0.410 e. The molecular formula is C29H38N4O6Si. The Morgan fingerprint density at radius 2 is 1.55 bits per heavy atom. The number of hydrogen-bond donors (Lipinski definition) is 1. The number of nitrogens with two attached hydrogens (primary N) is 1. The fraction of sp³-hybridized carbons (Fsp3) is 0.414. The average Bonchev–Trinajstić information content (AvgIpc) is 2.89. The van der Waals surface area contributed by atoms with Gasteiger partial charge in [-0.2, -0.15) is 0 Å². The van der Waals surface area contributed by atoms with Gasteiger partial charge in [0.25, 0.3) is 0 Å². The molecule has 1 heterocycles. The molecule has 1 aliphatic rings. The van der Waals surface area contributed by atoms with Crippen LogP contribution in [0.1, 0.15) is 40.0 Å². The third kappa shape index (κ3) is 7.15. The molecule has 0 radical (unpaired) electrons. The normalized spacial score (nSPS) is 17.6. The van der Waals surface area contributed by atoms with E-state index in [-0.39, 0.29) is 35.1 Å². The molecule has 0 aromatic heterocycles. The third-order valence-corrected chi connectivity index (χ3v) is 13.0. The van der Waals surface area contributed by atoms with Crippen LogP contribution in [0.4, 0.5) is 9.59 Å². The van der Waals surface area contributed by atoms with Crippen molar-refractivity contribution in [2.45, 2.75) is 64.2 Å². The summed E-state index contributed by atoms with van der Waals surface area (Å²) in [5.74, 6) is -0.172. The number of ether oxygens (including phenoxy) is 2. The number of para-hydroxylation sites is 2.